The zero-order valence-corrected chi connectivity index (χ0v) is 17.6. The molecule has 1 fully saturated rings. The summed E-state index contributed by atoms with van der Waals surface area (Å²) in [7, 11) is 1.75. The van der Waals surface area contributed by atoms with Crippen molar-refractivity contribution in [3.05, 3.63) is 69.4 Å². The van der Waals surface area contributed by atoms with E-state index in [-0.39, 0.29) is 23.8 Å². The molecule has 0 atom stereocenters. The lowest BCUT2D eigenvalue weighted by atomic mass is 10.2. The van der Waals surface area contributed by atoms with Crippen molar-refractivity contribution >= 4 is 28.5 Å². The molecule has 0 bridgehead atoms. The fourth-order valence-electron chi connectivity index (χ4n) is 3.99. The Hall–Kier alpha value is -2.64. The van der Waals surface area contributed by atoms with Gasteiger partial charge in [-0.2, -0.15) is 0 Å². The molecule has 6 nitrogen and oxygen atoms in total. The Morgan fingerprint density at radius 1 is 1.07 bits per heavy atom. The molecule has 3 aromatic rings. The molecule has 2 aromatic carbocycles. The van der Waals surface area contributed by atoms with E-state index in [1.54, 1.807) is 22.2 Å². The van der Waals surface area contributed by atoms with Crippen molar-refractivity contribution in [1.29, 1.82) is 0 Å². The molecule has 30 heavy (non-hydrogen) atoms. The van der Waals surface area contributed by atoms with Crippen LogP contribution in [0.3, 0.4) is 0 Å². The van der Waals surface area contributed by atoms with Crippen LogP contribution in [0.5, 0.6) is 0 Å². The van der Waals surface area contributed by atoms with Crippen LogP contribution in [0.4, 0.5) is 4.39 Å². The number of benzene rings is 2. The highest BCUT2D eigenvalue weighted by molar-refractivity contribution is 6.31. The fraction of sp³-hybridized carbons (Fsp3) is 0.364. The molecule has 158 valence electrons. The maximum absolute atomic E-state index is 13.2. The molecule has 1 aromatic heterocycles. The standard InChI is InChI=1S/C22H24ClFN4O2/c1-25-19-4-2-3-5-20(19)28(22(25)30)9-8-21(29)27-12-10-26(11-13-27)15-16-6-7-17(24)14-18(16)23/h2-7,14H,8-13,15H2,1H3. The number of amides is 1. The van der Waals surface area contributed by atoms with Gasteiger partial charge in [-0.1, -0.05) is 29.8 Å². The molecule has 0 radical (unpaired) electrons. The van der Waals surface area contributed by atoms with Gasteiger partial charge in [0, 0.05) is 57.8 Å². The van der Waals surface area contributed by atoms with Crippen molar-refractivity contribution in [1.82, 2.24) is 18.9 Å². The maximum Gasteiger partial charge on any atom is 0.328 e. The Balaban J connectivity index is 1.33. The van der Waals surface area contributed by atoms with Crippen LogP contribution in [-0.4, -0.2) is 51.0 Å². The number of fused-ring (bicyclic) bond motifs is 1. The van der Waals surface area contributed by atoms with Gasteiger partial charge in [0.05, 0.1) is 11.0 Å². The normalized spacial score (nSPS) is 15.1. The van der Waals surface area contributed by atoms with Gasteiger partial charge in [-0.3, -0.25) is 18.8 Å². The van der Waals surface area contributed by atoms with Crippen LogP contribution in [0.1, 0.15) is 12.0 Å². The van der Waals surface area contributed by atoms with E-state index < -0.39 is 0 Å². The number of hydrogen-bond acceptors (Lipinski definition) is 3. The lowest BCUT2D eigenvalue weighted by molar-refractivity contribution is -0.133. The van der Waals surface area contributed by atoms with Gasteiger partial charge in [0.25, 0.3) is 0 Å². The van der Waals surface area contributed by atoms with E-state index in [4.69, 9.17) is 11.6 Å². The number of halogens is 2. The predicted molar refractivity (Wildman–Crippen MR) is 115 cm³/mol. The molecule has 4 rings (SSSR count). The van der Waals surface area contributed by atoms with E-state index in [1.165, 1.54) is 12.1 Å². The van der Waals surface area contributed by atoms with E-state index in [0.29, 0.717) is 31.2 Å². The molecule has 1 saturated heterocycles. The molecular formula is C22H24ClFN4O2. The molecular weight excluding hydrogens is 407 g/mol. The summed E-state index contributed by atoms with van der Waals surface area (Å²) >= 11 is 6.12. The molecule has 2 heterocycles. The number of aromatic nitrogens is 2. The average molecular weight is 431 g/mol. The first-order valence-corrected chi connectivity index (χ1v) is 10.4. The number of nitrogens with zero attached hydrogens (tertiary/aromatic N) is 4. The molecule has 0 saturated carbocycles. The quantitative estimate of drug-likeness (QED) is 0.625. The average Bonchev–Trinajstić information content (AvgIpc) is 2.99. The van der Waals surface area contributed by atoms with Crippen LogP contribution >= 0.6 is 11.6 Å². The first kappa shape index (κ1) is 20.6. The minimum atomic E-state index is -0.343. The second-order valence-corrected chi connectivity index (χ2v) is 8.03. The van der Waals surface area contributed by atoms with Crippen molar-refractivity contribution in [3.63, 3.8) is 0 Å². The summed E-state index contributed by atoms with van der Waals surface area (Å²) in [6, 6.07) is 12.0. The second-order valence-electron chi connectivity index (χ2n) is 7.62. The van der Waals surface area contributed by atoms with Crippen LogP contribution in [-0.2, 0) is 24.9 Å². The van der Waals surface area contributed by atoms with Crippen molar-refractivity contribution < 1.29 is 9.18 Å². The summed E-state index contributed by atoms with van der Waals surface area (Å²) < 4.78 is 16.5. The fourth-order valence-corrected chi connectivity index (χ4v) is 4.22. The van der Waals surface area contributed by atoms with Gasteiger partial charge in [-0.15, -0.1) is 0 Å². The van der Waals surface area contributed by atoms with Crippen molar-refractivity contribution in [3.8, 4) is 0 Å². The number of carbonyl (C=O) groups excluding carboxylic acids is 1. The van der Waals surface area contributed by atoms with E-state index in [1.807, 2.05) is 29.2 Å². The first-order valence-electron chi connectivity index (χ1n) is 10.0. The molecule has 0 spiro atoms. The van der Waals surface area contributed by atoms with E-state index >= 15 is 0 Å². The maximum atomic E-state index is 13.2. The van der Waals surface area contributed by atoms with Crippen molar-refractivity contribution in [2.75, 3.05) is 26.2 Å². The summed E-state index contributed by atoms with van der Waals surface area (Å²) in [5, 5.41) is 0.425. The Morgan fingerprint density at radius 3 is 2.47 bits per heavy atom. The molecule has 0 unspecified atom stereocenters. The number of rotatable bonds is 5. The van der Waals surface area contributed by atoms with Crippen LogP contribution in [0.2, 0.25) is 5.02 Å². The van der Waals surface area contributed by atoms with Gasteiger partial charge in [-0.25, -0.2) is 9.18 Å². The lowest BCUT2D eigenvalue weighted by Crippen LogP contribution is -2.48. The Kier molecular flexibility index (Phi) is 5.92. The van der Waals surface area contributed by atoms with Crippen molar-refractivity contribution in [2.24, 2.45) is 7.05 Å². The van der Waals surface area contributed by atoms with Gasteiger partial charge in [0.2, 0.25) is 5.91 Å². The van der Waals surface area contributed by atoms with Crippen LogP contribution < -0.4 is 5.69 Å². The number of aryl methyl sites for hydroxylation is 2. The van der Waals surface area contributed by atoms with E-state index in [2.05, 4.69) is 4.90 Å². The number of piperazine rings is 1. The van der Waals surface area contributed by atoms with Crippen LogP contribution in [0.25, 0.3) is 11.0 Å². The molecule has 0 aliphatic carbocycles. The lowest BCUT2D eigenvalue weighted by Gasteiger charge is -2.35. The molecule has 0 N–H and O–H groups in total. The van der Waals surface area contributed by atoms with Gasteiger partial charge < -0.3 is 4.90 Å². The Morgan fingerprint density at radius 2 is 1.77 bits per heavy atom. The number of hydrogen-bond donors (Lipinski definition) is 0. The second kappa shape index (κ2) is 8.62. The smallest absolute Gasteiger partial charge is 0.328 e. The van der Waals surface area contributed by atoms with Crippen LogP contribution in [0, 0.1) is 5.82 Å². The zero-order valence-electron chi connectivity index (χ0n) is 16.9. The van der Waals surface area contributed by atoms with Crippen molar-refractivity contribution in [2.45, 2.75) is 19.5 Å². The highest BCUT2D eigenvalue weighted by atomic mass is 35.5. The summed E-state index contributed by atoms with van der Waals surface area (Å²) in [6.07, 6.45) is 0.289. The molecule has 1 amide bonds. The van der Waals surface area contributed by atoms with Gasteiger partial charge in [-0.05, 0) is 29.8 Å². The highest BCUT2D eigenvalue weighted by Gasteiger charge is 2.22. The van der Waals surface area contributed by atoms with Gasteiger partial charge in [0.1, 0.15) is 5.82 Å². The van der Waals surface area contributed by atoms with E-state index in [9.17, 15) is 14.0 Å². The highest BCUT2D eigenvalue weighted by Crippen LogP contribution is 2.20. The minimum absolute atomic E-state index is 0.0503. The molecule has 1 aliphatic rings. The molecule has 1 aliphatic heterocycles. The Labute approximate surface area is 179 Å². The molecule has 8 heteroatoms. The first-order chi connectivity index (χ1) is 14.4. The third-order valence-corrected chi connectivity index (χ3v) is 6.09. The third kappa shape index (κ3) is 4.13. The van der Waals surface area contributed by atoms with Gasteiger partial charge in [0.15, 0.2) is 0 Å². The Bertz CT molecular complexity index is 1130. The zero-order chi connectivity index (χ0) is 21.3. The van der Waals surface area contributed by atoms with E-state index in [0.717, 1.165) is 29.7 Å². The minimum Gasteiger partial charge on any atom is -0.340 e. The third-order valence-electron chi connectivity index (χ3n) is 5.74. The summed E-state index contributed by atoms with van der Waals surface area (Å²) in [5.74, 6) is -0.293. The topological polar surface area (TPSA) is 50.5 Å². The number of imidazole rings is 1. The summed E-state index contributed by atoms with van der Waals surface area (Å²) in [4.78, 5) is 29.3. The summed E-state index contributed by atoms with van der Waals surface area (Å²) in [6.45, 7) is 3.71. The predicted octanol–water partition coefficient (Wildman–Crippen LogP) is 2.87. The van der Waals surface area contributed by atoms with Crippen LogP contribution in [0.15, 0.2) is 47.3 Å². The monoisotopic (exact) mass is 430 g/mol. The number of carbonyl (C=O) groups is 1. The summed E-state index contributed by atoms with van der Waals surface area (Å²) in [5.41, 5.74) is 2.49. The largest absolute Gasteiger partial charge is 0.340 e. The van der Waals surface area contributed by atoms with Gasteiger partial charge >= 0.3 is 5.69 Å². The number of para-hydroxylation sites is 2. The SMILES string of the molecule is Cn1c(=O)n(CCC(=O)N2CCN(Cc3ccc(F)cc3Cl)CC2)c2ccccc21.